The maximum absolute atomic E-state index is 12.2. The summed E-state index contributed by atoms with van der Waals surface area (Å²) in [5.41, 5.74) is 3.21. The topological polar surface area (TPSA) is 77.5 Å². The number of aliphatic hydroxyl groups is 1. The standard InChI is InChI=1S/C19H24N4O2.C7H8.CH4S/c1-20-17-11-16(19(25)21-8-10-24)12-18(22-17)23-9-7-15(13-23)14-5-3-2-4-6-14;1-7-5-3-2-4-6-7;1-2/h2-6,11-12,15,24H,7-10,13H2,1H3,(H,20,22)(H,21,25);2-6H,1H3;2H,1H3. The third-order valence-electron chi connectivity index (χ3n) is 5.45. The van der Waals surface area contributed by atoms with Crippen LogP contribution in [0.15, 0.2) is 72.8 Å². The van der Waals surface area contributed by atoms with E-state index in [0.29, 0.717) is 17.3 Å². The number of carbonyl (C=O) groups excluding carboxylic acids is 1. The smallest absolute Gasteiger partial charge is 0.251 e. The molecule has 4 rings (SSSR count). The molecule has 3 N–H and O–H groups in total. The number of nitrogens with zero attached hydrogens (tertiary/aromatic N) is 2. The first-order valence-corrected chi connectivity index (χ1v) is 12.4. The van der Waals surface area contributed by atoms with E-state index in [9.17, 15) is 4.79 Å². The zero-order valence-electron chi connectivity index (χ0n) is 20.2. The molecule has 1 fully saturated rings. The fourth-order valence-corrected chi connectivity index (χ4v) is 3.71. The van der Waals surface area contributed by atoms with Gasteiger partial charge in [0, 0.05) is 38.2 Å². The van der Waals surface area contributed by atoms with Gasteiger partial charge >= 0.3 is 0 Å². The van der Waals surface area contributed by atoms with Crippen molar-refractivity contribution in [1.29, 1.82) is 0 Å². The highest BCUT2D eigenvalue weighted by atomic mass is 32.1. The summed E-state index contributed by atoms with van der Waals surface area (Å²) in [5.74, 6) is 1.75. The van der Waals surface area contributed by atoms with Crippen molar-refractivity contribution in [2.45, 2.75) is 19.3 Å². The highest BCUT2D eigenvalue weighted by Gasteiger charge is 2.25. The molecule has 2 heterocycles. The number of aliphatic hydroxyl groups excluding tert-OH is 1. The monoisotopic (exact) mass is 480 g/mol. The molecular formula is C27H36N4O2S. The van der Waals surface area contributed by atoms with Crippen molar-refractivity contribution in [3.8, 4) is 0 Å². The second-order valence-corrected chi connectivity index (χ2v) is 7.83. The number of hydrogen-bond donors (Lipinski definition) is 4. The molecule has 0 radical (unpaired) electrons. The number of thiol groups is 1. The van der Waals surface area contributed by atoms with Crippen LogP contribution in [-0.2, 0) is 0 Å². The van der Waals surface area contributed by atoms with Crippen LogP contribution < -0.4 is 15.5 Å². The summed E-state index contributed by atoms with van der Waals surface area (Å²) in [5, 5.41) is 14.6. The Bertz CT molecular complexity index is 986. The maximum Gasteiger partial charge on any atom is 0.251 e. The second kappa shape index (κ2) is 15.0. The molecule has 182 valence electrons. The van der Waals surface area contributed by atoms with Crippen molar-refractivity contribution < 1.29 is 9.90 Å². The number of hydrogen-bond acceptors (Lipinski definition) is 6. The second-order valence-electron chi connectivity index (χ2n) is 7.83. The first-order valence-electron chi connectivity index (χ1n) is 11.5. The Labute approximate surface area is 208 Å². The van der Waals surface area contributed by atoms with E-state index in [0.717, 1.165) is 25.3 Å². The molecule has 7 heteroatoms. The van der Waals surface area contributed by atoms with Crippen LogP contribution in [0.3, 0.4) is 0 Å². The van der Waals surface area contributed by atoms with Crippen molar-refractivity contribution >= 4 is 30.2 Å². The molecule has 2 aromatic carbocycles. The van der Waals surface area contributed by atoms with Crippen LogP contribution in [0.4, 0.5) is 11.6 Å². The number of amides is 1. The van der Waals surface area contributed by atoms with Crippen LogP contribution in [0.5, 0.6) is 0 Å². The number of aromatic nitrogens is 1. The number of carbonyl (C=O) groups is 1. The zero-order valence-corrected chi connectivity index (χ0v) is 21.1. The summed E-state index contributed by atoms with van der Waals surface area (Å²) in [6.45, 7) is 4.05. The van der Waals surface area contributed by atoms with Gasteiger partial charge in [0.15, 0.2) is 0 Å². The van der Waals surface area contributed by atoms with Crippen LogP contribution in [-0.4, -0.2) is 55.5 Å². The van der Waals surface area contributed by atoms with E-state index in [4.69, 9.17) is 5.11 Å². The average Bonchev–Trinajstić information content (AvgIpc) is 3.40. The Hall–Kier alpha value is -3.03. The number of nitrogens with one attached hydrogen (secondary N) is 2. The Kier molecular flexibility index (Phi) is 12.0. The van der Waals surface area contributed by atoms with Gasteiger partial charge in [0.05, 0.1) is 6.61 Å². The van der Waals surface area contributed by atoms with Gasteiger partial charge < -0.3 is 20.6 Å². The quantitative estimate of drug-likeness (QED) is 0.394. The van der Waals surface area contributed by atoms with Crippen LogP contribution in [0.25, 0.3) is 0 Å². The molecule has 1 unspecified atom stereocenters. The van der Waals surface area contributed by atoms with E-state index >= 15 is 0 Å². The molecule has 1 aliphatic heterocycles. The van der Waals surface area contributed by atoms with Crippen molar-refractivity contribution in [3.05, 3.63) is 89.5 Å². The maximum atomic E-state index is 12.2. The normalized spacial score (nSPS) is 14.3. The summed E-state index contributed by atoms with van der Waals surface area (Å²) in [6, 6.07) is 24.3. The summed E-state index contributed by atoms with van der Waals surface area (Å²) in [6.07, 6.45) is 2.77. The van der Waals surface area contributed by atoms with Gasteiger partial charge in [-0.25, -0.2) is 4.98 Å². The number of anilines is 2. The fraction of sp³-hybridized carbons (Fsp3) is 0.333. The van der Waals surface area contributed by atoms with Gasteiger partial charge in [0.2, 0.25) is 0 Å². The van der Waals surface area contributed by atoms with Gasteiger partial charge in [0.1, 0.15) is 11.6 Å². The number of pyridine rings is 1. The number of aryl methyl sites for hydroxylation is 1. The number of rotatable bonds is 6. The van der Waals surface area contributed by atoms with E-state index in [1.807, 2.05) is 30.3 Å². The van der Waals surface area contributed by atoms with Gasteiger partial charge in [-0.3, -0.25) is 4.79 Å². The zero-order chi connectivity index (χ0) is 24.8. The van der Waals surface area contributed by atoms with E-state index in [1.54, 1.807) is 19.4 Å². The van der Waals surface area contributed by atoms with E-state index in [2.05, 4.69) is 76.5 Å². The van der Waals surface area contributed by atoms with Crippen LogP contribution in [0, 0.1) is 6.92 Å². The molecule has 0 aliphatic carbocycles. The van der Waals surface area contributed by atoms with Gasteiger partial charge in [-0.15, -0.1) is 0 Å². The summed E-state index contributed by atoms with van der Waals surface area (Å²) >= 11 is 3.53. The van der Waals surface area contributed by atoms with Gasteiger partial charge in [-0.05, 0) is 37.3 Å². The third-order valence-corrected chi connectivity index (χ3v) is 5.45. The lowest BCUT2D eigenvalue weighted by Crippen LogP contribution is -2.27. The lowest BCUT2D eigenvalue weighted by atomic mass is 9.99. The molecule has 3 aromatic rings. The highest BCUT2D eigenvalue weighted by molar-refractivity contribution is 7.79. The molecule has 6 nitrogen and oxygen atoms in total. The molecule has 1 aromatic heterocycles. The molecule has 1 atom stereocenters. The van der Waals surface area contributed by atoms with Crippen LogP contribution in [0.1, 0.15) is 33.8 Å². The van der Waals surface area contributed by atoms with Crippen molar-refractivity contribution in [3.63, 3.8) is 0 Å². The Morgan fingerprint density at radius 3 is 2.29 bits per heavy atom. The minimum Gasteiger partial charge on any atom is -0.395 e. The minimum absolute atomic E-state index is 0.0759. The van der Waals surface area contributed by atoms with Gasteiger partial charge in [0.25, 0.3) is 5.91 Å². The largest absolute Gasteiger partial charge is 0.395 e. The van der Waals surface area contributed by atoms with E-state index in [1.165, 1.54) is 11.1 Å². The fourth-order valence-electron chi connectivity index (χ4n) is 3.71. The molecule has 1 saturated heterocycles. The average molecular weight is 481 g/mol. The lowest BCUT2D eigenvalue weighted by Gasteiger charge is -2.19. The van der Waals surface area contributed by atoms with Crippen molar-refractivity contribution in [2.75, 3.05) is 49.8 Å². The Morgan fingerprint density at radius 1 is 1.09 bits per heavy atom. The lowest BCUT2D eigenvalue weighted by molar-refractivity contribution is 0.0944. The van der Waals surface area contributed by atoms with Crippen LogP contribution >= 0.6 is 12.6 Å². The molecular weight excluding hydrogens is 444 g/mol. The molecule has 1 aliphatic rings. The molecule has 1 amide bonds. The van der Waals surface area contributed by atoms with Gasteiger partial charge in [-0.1, -0.05) is 66.2 Å². The highest BCUT2D eigenvalue weighted by Crippen LogP contribution is 2.30. The molecule has 34 heavy (non-hydrogen) atoms. The predicted octanol–water partition coefficient (Wildman–Crippen LogP) is 4.38. The summed E-state index contributed by atoms with van der Waals surface area (Å²) < 4.78 is 0. The van der Waals surface area contributed by atoms with E-state index in [-0.39, 0.29) is 19.1 Å². The third kappa shape index (κ3) is 8.39. The molecule has 0 bridgehead atoms. The Morgan fingerprint density at radius 2 is 1.74 bits per heavy atom. The van der Waals surface area contributed by atoms with E-state index < -0.39 is 0 Å². The van der Waals surface area contributed by atoms with Crippen molar-refractivity contribution in [1.82, 2.24) is 10.3 Å². The molecule has 0 spiro atoms. The first-order chi connectivity index (χ1) is 16.6. The molecule has 0 saturated carbocycles. The summed E-state index contributed by atoms with van der Waals surface area (Å²) in [4.78, 5) is 19.1. The predicted molar refractivity (Wildman–Crippen MR) is 145 cm³/mol. The number of benzene rings is 2. The SMILES string of the molecule is CNc1cc(C(=O)NCCO)cc(N2CCC(c3ccccc3)C2)n1.CS.Cc1ccccc1. The van der Waals surface area contributed by atoms with Crippen molar-refractivity contribution in [2.24, 2.45) is 0 Å². The van der Waals surface area contributed by atoms with Crippen LogP contribution in [0.2, 0.25) is 0 Å². The summed E-state index contributed by atoms with van der Waals surface area (Å²) in [7, 11) is 1.79. The Balaban J connectivity index is 0.000000384. The first kappa shape index (κ1) is 27.2. The minimum atomic E-state index is -0.201. The van der Waals surface area contributed by atoms with Gasteiger partial charge in [-0.2, -0.15) is 12.6 Å².